The van der Waals surface area contributed by atoms with Crippen molar-refractivity contribution < 1.29 is 5.11 Å². The first-order valence-corrected chi connectivity index (χ1v) is 4.36. The monoisotopic (exact) mass is 158 g/mol. The van der Waals surface area contributed by atoms with E-state index < -0.39 is 0 Å². The summed E-state index contributed by atoms with van der Waals surface area (Å²) >= 11 is 0. The highest BCUT2D eigenvalue weighted by Crippen LogP contribution is 2.05. The Labute approximate surface area is 68.4 Å². The summed E-state index contributed by atoms with van der Waals surface area (Å²) in [7, 11) is 0. The molecule has 0 spiro atoms. The fraction of sp³-hybridized carbons (Fsp3) is 1.00. The van der Waals surface area contributed by atoms with Crippen molar-refractivity contribution in [2.45, 2.75) is 25.9 Å². The zero-order chi connectivity index (χ0) is 8.27. The largest absolute Gasteiger partial charge is 0.395 e. The van der Waals surface area contributed by atoms with Crippen LogP contribution in [0.1, 0.15) is 13.8 Å². The predicted octanol–water partition coefficient (Wildman–Crippen LogP) is -0.339. The Morgan fingerprint density at radius 1 is 1.64 bits per heavy atom. The maximum Gasteiger partial charge on any atom is 0.0599 e. The molecule has 3 nitrogen and oxygen atoms in total. The molecule has 2 atom stereocenters. The van der Waals surface area contributed by atoms with E-state index in [1.54, 1.807) is 0 Å². The number of nitrogens with one attached hydrogen (secondary N) is 1. The van der Waals surface area contributed by atoms with Crippen molar-refractivity contribution in [3.63, 3.8) is 0 Å². The minimum Gasteiger partial charge on any atom is -0.395 e. The van der Waals surface area contributed by atoms with Gasteiger partial charge in [-0.25, -0.2) is 0 Å². The molecule has 1 aliphatic heterocycles. The van der Waals surface area contributed by atoms with Gasteiger partial charge in [-0.3, -0.25) is 4.90 Å². The molecule has 0 aromatic carbocycles. The standard InChI is InChI=1S/C8H18N2O/c1-3-10-5-7(2)9-4-8(10)6-11/h7-9,11H,3-6H2,1-2H3. The molecule has 1 fully saturated rings. The van der Waals surface area contributed by atoms with Crippen LogP contribution in [0.25, 0.3) is 0 Å². The summed E-state index contributed by atoms with van der Waals surface area (Å²) < 4.78 is 0. The molecular weight excluding hydrogens is 140 g/mol. The van der Waals surface area contributed by atoms with E-state index in [1.807, 2.05) is 0 Å². The lowest BCUT2D eigenvalue weighted by Crippen LogP contribution is -2.56. The van der Waals surface area contributed by atoms with Crippen LogP contribution in [0, 0.1) is 0 Å². The van der Waals surface area contributed by atoms with Crippen molar-refractivity contribution in [1.29, 1.82) is 0 Å². The quantitative estimate of drug-likeness (QED) is 0.577. The molecule has 11 heavy (non-hydrogen) atoms. The number of likely N-dealkylation sites (N-methyl/N-ethyl adjacent to an activating group) is 1. The van der Waals surface area contributed by atoms with Gasteiger partial charge in [0.1, 0.15) is 0 Å². The van der Waals surface area contributed by atoms with Crippen molar-refractivity contribution in [1.82, 2.24) is 10.2 Å². The van der Waals surface area contributed by atoms with Gasteiger partial charge in [0.2, 0.25) is 0 Å². The molecule has 0 saturated carbocycles. The van der Waals surface area contributed by atoms with Gasteiger partial charge in [-0.1, -0.05) is 6.92 Å². The molecule has 1 aliphatic rings. The van der Waals surface area contributed by atoms with E-state index in [0.717, 1.165) is 19.6 Å². The van der Waals surface area contributed by atoms with Gasteiger partial charge < -0.3 is 10.4 Å². The minimum atomic E-state index is 0.271. The van der Waals surface area contributed by atoms with E-state index in [1.165, 1.54) is 0 Å². The van der Waals surface area contributed by atoms with Gasteiger partial charge in [-0.05, 0) is 13.5 Å². The average molecular weight is 158 g/mol. The lowest BCUT2D eigenvalue weighted by molar-refractivity contribution is 0.0891. The van der Waals surface area contributed by atoms with Crippen LogP contribution in [0.5, 0.6) is 0 Å². The van der Waals surface area contributed by atoms with Crippen LogP contribution in [0.15, 0.2) is 0 Å². The number of nitrogens with zero attached hydrogens (tertiary/aromatic N) is 1. The van der Waals surface area contributed by atoms with Crippen LogP contribution in [0.2, 0.25) is 0 Å². The summed E-state index contributed by atoms with van der Waals surface area (Å²) in [5.41, 5.74) is 0. The first-order valence-electron chi connectivity index (χ1n) is 4.36. The Hall–Kier alpha value is -0.120. The van der Waals surface area contributed by atoms with Crippen molar-refractivity contribution in [3.8, 4) is 0 Å². The second-order valence-corrected chi connectivity index (χ2v) is 3.23. The predicted molar refractivity (Wildman–Crippen MR) is 45.6 cm³/mol. The van der Waals surface area contributed by atoms with E-state index in [-0.39, 0.29) is 6.61 Å². The van der Waals surface area contributed by atoms with E-state index in [0.29, 0.717) is 12.1 Å². The molecule has 2 unspecified atom stereocenters. The fourth-order valence-corrected chi connectivity index (χ4v) is 1.60. The third-order valence-corrected chi connectivity index (χ3v) is 2.34. The van der Waals surface area contributed by atoms with Gasteiger partial charge in [0.25, 0.3) is 0 Å². The number of aliphatic hydroxyl groups is 1. The highest BCUT2D eigenvalue weighted by molar-refractivity contribution is 4.82. The molecule has 1 saturated heterocycles. The molecule has 0 aromatic rings. The second kappa shape index (κ2) is 4.04. The van der Waals surface area contributed by atoms with Gasteiger partial charge in [0.05, 0.1) is 6.61 Å². The lowest BCUT2D eigenvalue weighted by Gasteiger charge is -2.37. The summed E-state index contributed by atoms with van der Waals surface area (Å²) in [6, 6.07) is 0.897. The number of hydrogen-bond donors (Lipinski definition) is 2. The van der Waals surface area contributed by atoms with Gasteiger partial charge in [-0.2, -0.15) is 0 Å². The molecule has 0 aromatic heterocycles. The first kappa shape index (κ1) is 8.97. The zero-order valence-electron chi connectivity index (χ0n) is 7.38. The summed E-state index contributed by atoms with van der Waals surface area (Å²) in [6.07, 6.45) is 0. The van der Waals surface area contributed by atoms with Crippen LogP contribution in [0.3, 0.4) is 0 Å². The Morgan fingerprint density at radius 3 is 2.91 bits per heavy atom. The van der Waals surface area contributed by atoms with Crippen LogP contribution in [-0.2, 0) is 0 Å². The fourth-order valence-electron chi connectivity index (χ4n) is 1.60. The summed E-state index contributed by atoms with van der Waals surface area (Å²) in [4.78, 5) is 2.32. The van der Waals surface area contributed by atoms with Crippen LogP contribution in [0.4, 0.5) is 0 Å². The Bertz CT molecular complexity index is 119. The van der Waals surface area contributed by atoms with Crippen LogP contribution >= 0.6 is 0 Å². The number of piperazine rings is 1. The molecule has 66 valence electrons. The van der Waals surface area contributed by atoms with Gasteiger partial charge >= 0.3 is 0 Å². The number of rotatable bonds is 2. The molecule has 0 radical (unpaired) electrons. The van der Waals surface area contributed by atoms with E-state index >= 15 is 0 Å². The van der Waals surface area contributed by atoms with E-state index in [9.17, 15) is 0 Å². The molecule has 0 amide bonds. The van der Waals surface area contributed by atoms with Crippen LogP contribution < -0.4 is 5.32 Å². The molecule has 3 heteroatoms. The Balaban J connectivity index is 2.41. The highest BCUT2D eigenvalue weighted by atomic mass is 16.3. The van der Waals surface area contributed by atoms with Gasteiger partial charge in [0, 0.05) is 25.2 Å². The van der Waals surface area contributed by atoms with Crippen molar-refractivity contribution in [2.24, 2.45) is 0 Å². The second-order valence-electron chi connectivity index (χ2n) is 3.23. The topological polar surface area (TPSA) is 35.5 Å². The molecule has 1 rings (SSSR count). The summed E-state index contributed by atoms with van der Waals surface area (Å²) in [5.74, 6) is 0. The average Bonchev–Trinajstić information content (AvgIpc) is 2.04. The van der Waals surface area contributed by atoms with Crippen molar-refractivity contribution >= 4 is 0 Å². The van der Waals surface area contributed by atoms with Gasteiger partial charge in [-0.15, -0.1) is 0 Å². The zero-order valence-corrected chi connectivity index (χ0v) is 7.38. The van der Waals surface area contributed by atoms with Gasteiger partial charge in [0.15, 0.2) is 0 Å². The molecule has 2 N–H and O–H groups in total. The maximum atomic E-state index is 9.00. The maximum absolute atomic E-state index is 9.00. The van der Waals surface area contributed by atoms with E-state index in [2.05, 4.69) is 24.1 Å². The summed E-state index contributed by atoms with van der Waals surface area (Å²) in [5, 5.41) is 12.3. The molecule has 0 aliphatic carbocycles. The van der Waals surface area contributed by atoms with E-state index in [4.69, 9.17) is 5.11 Å². The normalized spacial score (nSPS) is 34.1. The lowest BCUT2D eigenvalue weighted by atomic mass is 10.1. The molecule has 0 bridgehead atoms. The minimum absolute atomic E-state index is 0.271. The first-order chi connectivity index (χ1) is 5.27. The number of hydrogen-bond acceptors (Lipinski definition) is 3. The summed E-state index contributed by atoms with van der Waals surface area (Å²) in [6.45, 7) is 7.61. The molecular formula is C8H18N2O. The number of aliphatic hydroxyl groups excluding tert-OH is 1. The van der Waals surface area contributed by atoms with Crippen LogP contribution in [-0.4, -0.2) is 48.3 Å². The van der Waals surface area contributed by atoms with Crippen molar-refractivity contribution in [2.75, 3.05) is 26.2 Å². The third-order valence-electron chi connectivity index (χ3n) is 2.34. The Morgan fingerprint density at radius 2 is 2.36 bits per heavy atom. The van der Waals surface area contributed by atoms with Crippen molar-refractivity contribution in [3.05, 3.63) is 0 Å². The SMILES string of the molecule is CCN1CC(C)NCC1CO. The smallest absolute Gasteiger partial charge is 0.0599 e. The molecule has 1 heterocycles. The Kier molecular flexibility index (Phi) is 3.30. The third kappa shape index (κ3) is 2.15. The highest BCUT2D eigenvalue weighted by Gasteiger charge is 2.23.